The lowest BCUT2D eigenvalue weighted by atomic mass is 10.4. The molecule has 2 aromatic heterocycles. The van der Waals surface area contributed by atoms with Gasteiger partial charge in [0.05, 0.1) is 24.2 Å². The van der Waals surface area contributed by atoms with Gasteiger partial charge in [-0.1, -0.05) is 16.6 Å². The molecule has 2 rings (SSSR count). The summed E-state index contributed by atoms with van der Waals surface area (Å²) in [5, 5.41) is 17.4. The van der Waals surface area contributed by atoms with Crippen LogP contribution in [0.2, 0.25) is 0 Å². The molecule has 0 aromatic carbocycles. The van der Waals surface area contributed by atoms with Crippen molar-refractivity contribution in [2.24, 2.45) is 0 Å². The van der Waals surface area contributed by atoms with E-state index < -0.39 is 0 Å². The van der Waals surface area contributed by atoms with Crippen molar-refractivity contribution in [2.75, 3.05) is 0 Å². The minimum Gasteiger partial charge on any atom is -0.390 e. The molecule has 0 amide bonds. The summed E-state index contributed by atoms with van der Waals surface area (Å²) in [7, 11) is 0. The highest BCUT2D eigenvalue weighted by molar-refractivity contribution is 7.14. The second-order valence-electron chi connectivity index (χ2n) is 2.93. The zero-order chi connectivity index (χ0) is 10.1. The Kier molecular flexibility index (Phi) is 2.30. The molecule has 0 fully saturated rings. The van der Waals surface area contributed by atoms with Crippen LogP contribution >= 0.6 is 11.3 Å². The summed E-state index contributed by atoms with van der Waals surface area (Å²) in [6.07, 6.45) is 1.53. The number of hydrogen-bond acceptors (Lipinski definition) is 5. The predicted octanol–water partition coefficient (Wildman–Crippen LogP) is 0.833. The number of rotatable bonds is 2. The van der Waals surface area contributed by atoms with Gasteiger partial charge in [-0.25, -0.2) is 4.98 Å². The minimum absolute atomic E-state index is 0.0787. The summed E-state index contributed by atoms with van der Waals surface area (Å²) in [6, 6.07) is 0. The number of aliphatic hydroxyl groups is 1. The maximum absolute atomic E-state index is 9.02. The van der Waals surface area contributed by atoms with Crippen molar-refractivity contribution in [3.05, 3.63) is 22.5 Å². The van der Waals surface area contributed by atoms with Gasteiger partial charge in [0.1, 0.15) is 0 Å². The van der Waals surface area contributed by atoms with Gasteiger partial charge in [-0.05, 0) is 13.8 Å². The van der Waals surface area contributed by atoms with Gasteiger partial charge in [0, 0.05) is 4.88 Å². The van der Waals surface area contributed by atoms with Crippen LogP contribution in [0.1, 0.15) is 16.3 Å². The molecular formula is C8H10N4OS. The van der Waals surface area contributed by atoms with Gasteiger partial charge in [0.2, 0.25) is 5.13 Å². The van der Waals surface area contributed by atoms with E-state index in [2.05, 4.69) is 15.3 Å². The third-order valence-electron chi connectivity index (χ3n) is 1.98. The van der Waals surface area contributed by atoms with Crippen LogP contribution in [0.5, 0.6) is 0 Å². The molecule has 6 heteroatoms. The van der Waals surface area contributed by atoms with Gasteiger partial charge < -0.3 is 5.11 Å². The Labute approximate surface area is 85.0 Å². The largest absolute Gasteiger partial charge is 0.390 e. The van der Waals surface area contributed by atoms with Crippen LogP contribution in [-0.4, -0.2) is 25.1 Å². The van der Waals surface area contributed by atoms with Crippen LogP contribution in [-0.2, 0) is 6.61 Å². The molecule has 5 nitrogen and oxygen atoms in total. The molecule has 0 aliphatic rings. The lowest BCUT2D eigenvalue weighted by molar-refractivity contribution is 0.273. The van der Waals surface area contributed by atoms with Crippen LogP contribution in [0.25, 0.3) is 5.13 Å². The van der Waals surface area contributed by atoms with Crippen molar-refractivity contribution in [2.45, 2.75) is 20.5 Å². The Morgan fingerprint density at radius 1 is 1.50 bits per heavy atom. The molecule has 0 bridgehead atoms. The van der Waals surface area contributed by atoms with Crippen molar-refractivity contribution in [3.8, 4) is 5.13 Å². The maximum atomic E-state index is 9.02. The Hall–Kier alpha value is -1.27. The molecule has 1 N–H and O–H groups in total. The molecule has 2 heterocycles. The SMILES string of the molecule is Cc1nc(-n2nncc2CO)sc1C. The van der Waals surface area contributed by atoms with Gasteiger partial charge in [0.15, 0.2) is 0 Å². The van der Waals surface area contributed by atoms with E-state index >= 15 is 0 Å². The number of hydrogen-bond donors (Lipinski definition) is 1. The molecule has 0 aliphatic heterocycles. The van der Waals surface area contributed by atoms with E-state index in [1.54, 1.807) is 4.68 Å². The second-order valence-corrected chi connectivity index (χ2v) is 4.11. The molecule has 0 atom stereocenters. The second kappa shape index (κ2) is 3.47. The molecule has 14 heavy (non-hydrogen) atoms. The van der Waals surface area contributed by atoms with Crippen molar-refractivity contribution in [1.82, 2.24) is 20.0 Å². The van der Waals surface area contributed by atoms with Gasteiger partial charge in [-0.2, -0.15) is 4.68 Å². The van der Waals surface area contributed by atoms with E-state index in [0.717, 1.165) is 15.7 Å². The molecule has 0 saturated carbocycles. The number of aromatic nitrogens is 4. The van der Waals surface area contributed by atoms with Crippen LogP contribution in [0.15, 0.2) is 6.20 Å². The molecule has 0 unspecified atom stereocenters. The van der Waals surface area contributed by atoms with Crippen molar-refractivity contribution >= 4 is 11.3 Å². The van der Waals surface area contributed by atoms with E-state index in [1.807, 2.05) is 13.8 Å². The molecule has 0 aliphatic carbocycles. The predicted molar refractivity (Wildman–Crippen MR) is 52.4 cm³/mol. The van der Waals surface area contributed by atoms with Crippen molar-refractivity contribution < 1.29 is 5.11 Å². The van der Waals surface area contributed by atoms with Crippen molar-refractivity contribution in [3.63, 3.8) is 0 Å². The molecule has 0 spiro atoms. The summed E-state index contributed by atoms with van der Waals surface area (Å²) >= 11 is 1.54. The lowest BCUT2D eigenvalue weighted by Crippen LogP contribution is -2.01. The highest BCUT2D eigenvalue weighted by Gasteiger charge is 2.10. The first kappa shape index (κ1) is 9.29. The zero-order valence-electron chi connectivity index (χ0n) is 7.93. The Bertz CT molecular complexity index is 428. The Morgan fingerprint density at radius 2 is 2.29 bits per heavy atom. The fraction of sp³-hybridized carbons (Fsp3) is 0.375. The van der Waals surface area contributed by atoms with E-state index in [1.165, 1.54) is 17.5 Å². The van der Waals surface area contributed by atoms with E-state index in [-0.39, 0.29) is 6.61 Å². The topological polar surface area (TPSA) is 63.8 Å². The number of aryl methyl sites for hydroxylation is 2. The zero-order valence-corrected chi connectivity index (χ0v) is 8.75. The van der Waals surface area contributed by atoms with Gasteiger partial charge >= 0.3 is 0 Å². The molecule has 0 saturated heterocycles. The summed E-state index contributed by atoms with van der Waals surface area (Å²) in [5.41, 5.74) is 1.64. The molecule has 2 aromatic rings. The average molecular weight is 210 g/mol. The average Bonchev–Trinajstić information content (AvgIpc) is 2.73. The highest BCUT2D eigenvalue weighted by atomic mass is 32.1. The normalized spacial score (nSPS) is 10.8. The van der Waals surface area contributed by atoms with Gasteiger partial charge in [-0.15, -0.1) is 5.10 Å². The lowest BCUT2D eigenvalue weighted by Gasteiger charge is -1.96. The minimum atomic E-state index is -0.0787. The number of nitrogens with zero attached hydrogens (tertiary/aromatic N) is 4. The monoisotopic (exact) mass is 210 g/mol. The fourth-order valence-corrected chi connectivity index (χ4v) is 1.96. The van der Waals surface area contributed by atoms with Gasteiger partial charge in [-0.3, -0.25) is 0 Å². The van der Waals surface area contributed by atoms with E-state index in [4.69, 9.17) is 5.11 Å². The first-order chi connectivity index (χ1) is 6.72. The summed E-state index contributed by atoms with van der Waals surface area (Å²) in [4.78, 5) is 5.48. The highest BCUT2D eigenvalue weighted by Crippen LogP contribution is 2.20. The summed E-state index contributed by atoms with van der Waals surface area (Å²) < 4.78 is 1.56. The summed E-state index contributed by atoms with van der Waals surface area (Å²) in [5.74, 6) is 0. The molecule has 0 radical (unpaired) electrons. The first-order valence-electron chi connectivity index (χ1n) is 4.17. The van der Waals surface area contributed by atoms with E-state index in [0.29, 0.717) is 5.69 Å². The first-order valence-corrected chi connectivity index (χ1v) is 4.99. The quantitative estimate of drug-likeness (QED) is 0.797. The van der Waals surface area contributed by atoms with Crippen LogP contribution in [0.3, 0.4) is 0 Å². The number of aliphatic hydroxyl groups excluding tert-OH is 1. The Morgan fingerprint density at radius 3 is 2.86 bits per heavy atom. The van der Waals surface area contributed by atoms with Crippen LogP contribution in [0.4, 0.5) is 0 Å². The van der Waals surface area contributed by atoms with Crippen LogP contribution < -0.4 is 0 Å². The standard InChI is InChI=1S/C8H10N4OS/c1-5-6(2)14-8(10-5)12-7(4-13)3-9-11-12/h3,13H,4H2,1-2H3. The third kappa shape index (κ3) is 1.42. The van der Waals surface area contributed by atoms with Crippen molar-refractivity contribution in [1.29, 1.82) is 0 Å². The number of thiazole rings is 1. The summed E-state index contributed by atoms with van der Waals surface area (Å²) in [6.45, 7) is 3.88. The fourth-order valence-electron chi connectivity index (χ4n) is 1.07. The van der Waals surface area contributed by atoms with E-state index in [9.17, 15) is 0 Å². The molecule has 74 valence electrons. The third-order valence-corrected chi connectivity index (χ3v) is 3.03. The van der Waals surface area contributed by atoms with Crippen LogP contribution in [0, 0.1) is 13.8 Å². The smallest absolute Gasteiger partial charge is 0.212 e. The van der Waals surface area contributed by atoms with Gasteiger partial charge in [0.25, 0.3) is 0 Å². The maximum Gasteiger partial charge on any atom is 0.212 e. The Balaban J connectivity index is 2.49. The molecular weight excluding hydrogens is 200 g/mol.